The highest BCUT2D eigenvalue weighted by atomic mass is 32.2. The Hall–Kier alpha value is -1.56. The zero-order valence-corrected chi connectivity index (χ0v) is 12.3. The third-order valence-electron chi connectivity index (χ3n) is 2.82. The van der Waals surface area contributed by atoms with Crippen LogP contribution in [0.25, 0.3) is 0 Å². The van der Waals surface area contributed by atoms with Crippen LogP contribution in [0.4, 0.5) is 4.39 Å². The van der Waals surface area contributed by atoms with Crippen molar-refractivity contribution < 1.29 is 18.4 Å². The van der Waals surface area contributed by atoms with E-state index in [2.05, 4.69) is 0 Å². The Bertz CT molecular complexity index is 589. The van der Waals surface area contributed by atoms with Gasteiger partial charge in [-0.15, -0.1) is 0 Å². The predicted molar refractivity (Wildman–Crippen MR) is 79.8 cm³/mol. The van der Waals surface area contributed by atoms with Crippen LogP contribution in [-0.2, 0) is 22.1 Å². The van der Waals surface area contributed by atoms with Crippen molar-refractivity contribution in [1.82, 2.24) is 0 Å². The van der Waals surface area contributed by atoms with Crippen LogP contribution in [0.3, 0.4) is 0 Å². The molecule has 5 heteroatoms. The molecule has 0 aliphatic rings. The van der Waals surface area contributed by atoms with Crippen LogP contribution in [0.1, 0.15) is 5.56 Å². The number of hydrogen-bond acceptors (Lipinski definition) is 3. The third kappa shape index (κ3) is 5.38. The Labute approximate surface area is 125 Å². The highest BCUT2D eigenvalue weighted by molar-refractivity contribution is 7.85. The molecule has 0 fully saturated rings. The predicted octanol–water partition coefficient (Wildman–Crippen LogP) is 2.51. The summed E-state index contributed by atoms with van der Waals surface area (Å²) >= 11 is 0. The van der Waals surface area contributed by atoms with Gasteiger partial charge in [0.2, 0.25) is 0 Å². The van der Waals surface area contributed by atoms with Crippen molar-refractivity contribution in [3.05, 3.63) is 66.0 Å². The second-order valence-corrected chi connectivity index (χ2v) is 6.12. The molecule has 2 aromatic carbocycles. The first kappa shape index (κ1) is 15.8. The Morgan fingerprint density at radius 2 is 1.90 bits per heavy atom. The van der Waals surface area contributed by atoms with Crippen LogP contribution in [0.5, 0.6) is 0 Å². The average molecular weight is 308 g/mol. The molecule has 1 N–H and O–H groups in total. The summed E-state index contributed by atoms with van der Waals surface area (Å²) in [7, 11) is -1.44. The fourth-order valence-corrected chi connectivity index (χ4v) is 2.93. The highest BCUT2D eigenvalue weighted by Crippen LogP contribution is 2.10. The van der Waals surface area contributed by atoms with E-state index in [1.807, 2.05) is 30.3 Å². The molecule has 21 heavy (non-hydrogen) atoms. The van der Waals surface area contributed by atoms with Gasteiger partial charge in [0.1, 0.15) is 5.82 Å². The number of halogens is 1. The standard InChI is InChI=1S/C16H17FO3S/c17-14-7-4-8-16(9-14)21(19)12-15(18)11-20-10-13-5-2-1-3-6-13/h1-9,15,18H,10-12H2. The van der Waals surface area contributed by atoms with E-state index in [4.69, 9.17) is 4.74 Å². The SMILES string of the molecule is O=S(CC(O)COCc1ccccc1)c1cccc(F)c1. The summed E-state index contributed by atoms with van der Waals surface area (Å²) in [5.74, 6) is -0.409. The highest BCUT2D eigenvalue weighted by Gasteiger charge is 2.12. The minimum atomic E-state index is -1.44. The lowest BCUT2D eigenvalue weighted by Gasteiger charge is -2.11. The van der Waals surface area contributed by atoms with Gasteiger partial charge in [0.05, 0.1) is 35.9 Å². The van der Waals surface area contributed by atoms with E-state index in [1.165, 1.54) is 18.2 Å². The molecule has 0 bridgehead atoms. The maximum Gasteiger partial charge on any atom is 0.124 e. The van der Waals surface area contributed by atoms with E-state index in [-0.39, 0.29) is 12.4 Å². The number of ether oxygens (including phenoxy) is 1. The zero-order valence-electron chi connectivity index (χ0n) is 11.4. The van der Waals surface area contributed by atoms with Gasteiger partial charge in [-0.2, -0.15) is 0 Å². The van der Waals surface area contributed by atoms with Gasteiger partial charge in [0, 0.05) is 4.90 Å². The van der Waals surface area contributed by atoms with Gasteiger partial charge in [-0.25, -0.2) is 4.39 Å². The first-order chi connectivity index (χ1) is 10.1. The molecule has 0 radical (unpaired) electrons. The molecular weight excluding hydrogens is 291 g/mol. The molecule has 2 unspecified atom stereocenters. The van der Waals surface area contributed by atoms with Crippen molar-refractivity contribution in [1.29, 1.82) is 0 Å². The quantitative estimate of drug-likeness (QED) is 0.855. The van der Waals surface area contributed by atoms with Crippen LogP contribution in [0, 0.1) is 5.82 Å². The monoisotopic (exact) mass is 308 g/mol. The van der Waals surface area contributed by atoms with E-state index >= 15 is 0 Å². The first-order valence-electron chi connectivity index (χ1n) is 6.59. The molecule has 2 atom stereocenters. The maximum absolute atomic E-state index is 13.0. The molecule has 0 amide bonds. The van der Waals surface area contributed by atoms with E-state index in [0.29, 0.717) is 11.5 Å². The molecule has 0 aliphatic heterocycles. The summed E-state index contributed by atoms with van der Waals surface area (Å²) in [6, 6.07) is 15.2. The molecule has 0 spiro atoms. The normalized spacial score (nSPS) is 13.8. The minimum absolute atomic E-state index is 0.0260. The molecule has 2 aromatic rings. The average Bonchev–Trinajstić information content (AvgIpc) is 2.48. The Kier molecular flexibility index (Phi) is 6.04. The van der Waals surface area contributed by atoms with E-state index in [9.17, 15) is 13.7 Å². The molecule has 2 rings (SSSR count). The Morgan fingerprint density at radius 3 is 2.62 bits per heavy atom. The van der Waals surface area contributed by atoms with Gasteiger partial charge in [-0.3, -0.25) is 4.21 Å². The van der Waals surface area contributed by atoms with Gasteiger partial charge < -0.3 is 9.84 Å². The van der Waals surface area contributed by atoms with E-state index in [0.717, 1.165) is 5.56 Å². The summed E-state index contributed by atoms with van der Waals surface area (Å²) in [5, 5.41) is 9.82. The molecule has 112 valence electrons. The summed E-state index contributed by atoms with van der Waals surface area (Å²) in [4.78, 5) is 0.372. The molecule has 3 nitrogen and oxygen atoms in total. The van der Waals surface area contributed by atoms with Crippen molar-refractivity contribution in [2.45, 2.75) is 17.6 Å². The molecule has 0 aliphatic carbocycles. The molecular formula is C16H17FO3S. The largest absolute Gasteiger partial charge is 0.390 e. The second kappa shape index (κ2) is 8.02. The molecule has 0 heterocycles. The van der Waals surface area contributed by atoms with Gasteiger partial charge in [-0.1, -0.05) is 36.4 Å². The van der Waals surface area contributed by atoms with Crippen LogP contribution in [0.15, 0.2) is 59.5 Å². The lowest BCUT2D eigenvalue weighted by atomic mass is 10.2. The topological polar surface area (TPSA) is 46.5 Å². The van der Waals surface area contributed by atoms with Gasteiger partial charge in [0.15, 0.2) is 0 Å². The van der Waals surface area contributed by atoms with Gasteiger partial charge in [0.25, 0.3) is 0 Å². The number of benzene rings is 2. The zero-order chi connectivity index (χ0) is 15.1. The lowest BCUT2D eigenvalue weighted by molar-refractivity contribution is 0.0394. The third-order valence-corrected chi connectivity index (χ3v) is 4.29. The molecule has 0 saturated carbocycles. The van der Waals surface area contributed by atoms with Crippen molar-refractivity contribution in [2.24, 2.45) is 0 Å². The summed E-state index contributed by atoms with van der Waals surface area (Å²) in [6.07, 6.45) is -0.849. The van der Waals surface area contributed by atoms with E-state index < -0.39 is 22.7 Å². The number of rotatable bonds is 7. The van der Waals surface area contributed by atoms with Crippen LogP contribution in [-0.4, -0.2) is 27.8 Å². The number of hydrogen-bond donors (Lipinski definition) is 1. The number of aliphatic hydroxyl groups is 1. The number of aliphatic hydroxyl groups excluding tert-OH is 1. The van der Waals surface area contributed by atoms with Crippen LogP contribution >= 0.6 is 0 Å². The molecule has 0 saturated heterocycles. The van der Waals surface area contributed by atoms with Crippen molar-refractivity contribution in [3.8, 4) is 0 Å². The fourth-order valence-electron chi connectivity index (χ4n) is 1.81. The van der Waals surface area contributed by atoms with E-state index in [1.54, 1.807) is 6.07 Å². The first-order valence-corrected chi connectivity index (χ1v) is 7.91. The summed E-state index contributed by atoms with van der Waals surface area (Å²) < 4.78 is 30.4. The van der Waals surface area contributed by atoms with Crippen molar-refractivity contribution in [2.75, 3.05) is 12.4 Å². The minimum Gasteiger partial charge on any atom is -0.390 e. The van der Waals surface area contributed by atoms with Crippen LogP contribution in [0.2, 0.25) is 0 Å². The van der Waals surface area contributed by atoms with Crippen molar-refractivity contribution in [3.63, 3.8) is 0 Å². The summed E-state index contributed by atoms with van der Waals surface area (Å²) in [5.41, 5.74) is 1.01. The lowest BCUT2D eigenvalue weighted by Crippen LogP contribution is -2.22. The molecule has 0 aromatic heterocycles. The van der Waals surface area contributed by atoms with Gasteiger partial charge in [-0.05, 0) is 23.8 Å². The van der Waals surface area contributed by atoms with Gasteiger partial charge >= 0.3 is 0 Å². The Morgan fingerprint density at radius 1 is 1.14 bits per heavy atom. The second-order valence-electron chi connectivity index (χ2n) is 4.62. The fraction of sp³-hybridized carbons (Fsp3) is 0.250. The van der Waals surface area contributed by atoms with Crippen LogP contribution < -0.4 is 0 Å². The smallest absolute Gasteiger partial charge is 0.124 e. The summed E-state index contributed by atoms with van der Waals surface area (Å²) in [6.45, 7) is 0.487. The maximum atomic E-state index is 13.0. The Balaban J connectivity index is 1.76. The van der Waals surface area contributed by atoms with Crippen molar-refractivity contribution >= 4 is 10.8 Å².